The number of carbonyl (C=O) groups is 1. The van der Waals surface area contributed by atoms with E-state index in [2.05, 4.69) is 15.3 Å². The van der Waals surface area contributed by atoms with Crippen molar-refractivity contribution in [1.82, 2.24) is 9.97 Å². The lowest BCUT2D eigenvalue weighted by atomic mass is 9.85. The van der Waals surface area contributed by atoms with Crippen molar-refractivity contribution in [3.8, 4) is 22.8 Å². The zero-order chi connectivity index (χ0) is 24.1. The van der Waals surface area contributed by atoms with Gasteiger partial charge in [0.2, 0.25) is 0 Å². The highest BCUT2D eigenvalue weighted by molar-refractivity contribution is 6.28. The number of ether oxygens (including phenoxy) is 1. The highest BCUT2D eigenvalue weighted by Crippen LogP contribution is 2.44. The zero-order valence-corrected chi connectivity index (χ0v) is 19.2. The fraction of sp³-hybridized carbons (Fsp3) is 0.0690. The number of aromatic nitrogens is 2. The standard InChI is InChI=1S/C29H21N3O3/c1-16-7-11-18(12-8-16)30-22-15-23(35-19-13-9-17(2)10-14-19)27-25-24(22)28(33)21-6-4-3-5-20(21)26(25)31-29(34)32-27/h3-15,30H,1-2H3,(H,31,32,34). The smallest absolute Gasteiger partial charge is 0.346 e. The summed E-state index contributed by atoms with van der Waals surface area (Å²) in [6.45, 7) is 4.02. The van der Waals surface area contributed by atoms with Crippen LogP contribution >= 0.6 is 0 Å². The van der Waals surface area contributed by atoms with Crippen molar-refractivity contribution >= 4 is 28.1 Å². The van der Waals surface area contributed by atoms with Gasteiger partial charge in [0.05, 0.1) is 22.5 Å². The number of benzene rings is 4. The van der Waals surface area contributed by atoms with Crippen LogP contribution in [0.2, 0.25) is 0 Å². The highest BCUT2D eigenvalue weighted by atomic mass is 16.5. The van der Waals surface area contributed by atoms with Gasteiger partial charge in [-0.1, -0.05) is 59.7 Å². The average Bonchev–Trinajstić information content (AvgIpc) is 2.86. The summed E-state index contributed by atoms with van der Waals surface area (Å²) in [6.07, 6.45) is 0. The Labute approximate surface area is 201 Å². The Balaban J connectivity index is 1.65. The average molecular weight is 460 g/mol. The molecular weight excluding hydrogens is 438 g/mol. The second-order valence-corrected chi connectivity index (χ2v) is 8.72. The number of aryl methyl sites for hydroxylation is 2. The monoisotopic (exact) mass is 459 g/mol. The van der Waals surface area contributed by atoms with Crippen molar-refractivity contribution in [3.05, 3.63) is 112 Å². The van der Waals surface area contributed by atoms with Gasteiger partial charge in [0.15, 0.2) is 11.5 Å². The fourth-order valence-electron chi connectivity index (χ4n) is 4.47. The van der Waals surface area contributed by atoms with Crippen molar-refractivity contribution in [3.63, 3.8) is 0 Å². The Morgan fingerprint density at radius 2 is 1.49 bits per heavy atom. The van der Waals surface area contributed by atoms with Crippen molar-refractivity contribution in [2.24, 2.45) is 0 Å². The molecule has 0 atom stereocenters. The highest BCUT2D eigenvalue weighted by Gasteiger charge is 2.31. The van der Waals surface area contributed by atoms with Crippen LogP contribution in [0.1, 0.15) is 27.0 Å². The molecular formula is C29H21N3O3. The van der Waals surface area contributed by atoms with Gasteiger partial charge in [-0.25, -0.2) is 4.79 Å². The van der Waals surface area contributed by atoms with Crippen molar-refractivity contribution in [2.45, 2.75) is 13.8 Å². The molecule has 0 saturated heterocycles. The molecule has 0 bridgehead atoms. The maximum atomic E-state index is 13.8. The van der Waals surface area contributed by atoms with E-state index >= 15 is 0 Å². The number of nitrogens with one attached hydrogen (secondary N) is 2. The van der Waals surface area contributed by atoms with Gasteiger partial charge in [-0.05, 0) is 38.1 Å². The minimum atomic E-state index is -0.504. The molecule has 4 aromatic carbocycles. The molecule has 0 spiro atoms. The first-order chi connectivity index (χ1) is 17.0. The number of nitrogens with zero attached hydrogens (tertiary/aromatic N) is 1. The number of ketones is 1. The second kappa shape index (κ2) is 7.95. The van der Waals surface area contributed by atoms with E-state index in [1.54, 1.807) is 12.1 Å². The lowest BCUT2D eigenvalue weighted by Crippen LogP contribution is -2.19. The zero-order valence-electron chi connectivity index (χ0n) is 19.2. The van der Waals surface area contributed by atoms with Gasteiger partial charge in [0.1, 0.15) is 5.75 Å². The molecule has 0 radical (unpaired) electrons. The number of hydrogen-bond donors (Lipinski definition) is 2. The van der Waals surface area contributed by atoms with Crippen LogP contribution in [0.4, 0.5) is 11.4 Å². The first-order valence-electron chi connectivity index (χ1n) is 11.3. The fourth-order valence-corrected chi connectivity index (χ4v) is 4.47. The molecule has 0 fully saturated rings. The van der Waals surface area contributed by atoms with E-state index in [0.29, 0.717) is 50.5 Å². The third-order valence-electron chi connectivity index (χ3n) is 6.21. The molecule has 1 heterocycles. The number of anilines is 2. The molecule has 0 saturated carbocycles. The van der Waals surface area contributed by atoms with Crippen LogP contribution in [-0.2, 0) is 0 Å². The Bertz CT molecular complexity index is 1680. The van der Waals surface area contributed by atoms with Gasteiger partial charge in [-0.3, -0.25) is 4.79 Å². The van der Waals surface area contributed by atoms with Gasteiger partial charge in [-0.15, -0.1) is 0 Å². The summed E-state index contributed by atoms with van der Waals surface area (Å²) in [5.41, 5.74) is 5.65. The Kier molecular flexibility index (Phi) is 4.74. The van der Waals surface area contributed by atoms with Crippen LogP contribution in [0, 0.1) is 13.8 Å². The van der Waals surface area contributed by atoms with Crippen LogP contribution < -0.4 is 15.7 Å². The molecule has 6 nitrogen and oxygen atoms in total. The lowest BCUT2D eigenvalue weighted by molar-refractivity contribution is 0.104. The molecule has 1 aromatic heterocycles. The molecule has 1 aliphatic carbocycles. The van der Waals surface area contributed by atoms with E-state index in [9.17, 15) is 9.59 Å². The van der Waals surface area contributed by atoms with Gasteiger partial charge in [0.25, 0.3) is 0 Å². The van der Waals surface area contributed by atoms with E-state index < -0.39 is 5.69 Å². The van der Waals surface area contributed by atoms with E-state index in [1.165, 1.54) is 0 Å². The summed E-state index contributed by atoms with van der Waals surface area (Å²) in [7, 11) is 0. The van der Waals surface area contributed by atoms with Crippen LogP contribution in [0.5, 0.6) is 11.5 Å². The minimum absolute atomic E-state index is 0.136. The number of carbonyl (C=O) groups excluding carboxylic acids is 1. The first kappa shape index (κ1) is 20.9. The molecule has 0 unspecified atom stereocenters. The van der Waals surface area contributed by atoms with Crippen LogP contribution in [0.15, 0.2) is 83.7 Å². The second-order valence-electron chi connectivity index (χ2n) is 8.72. The molecule has 5 aromatic rings. The Hall–Kier alpha value is -4.71. The van der Waals surface area contributed by atoms with E-state index in [1.807, 2.05) is 80.6 Å². The molecule has 0 aliphatic heterocycles. The topological polar surface area (TPSA) is 84.1 Å². The predicted molar refractivity (Wildman–Crippen MR) is 137 cm³/mol. The maximum Gasteiger partial charge on any atom is 0.346 e. The van der Waals surface area contributed by atoms with Crippen LogP contribution in [-0.4, -0.2) is 15.8 Å². The van der Waals surface area contributed by atoms with Gasteiger partial charge in [-0.2, -0.15) is 4.98 Å². The molecule has 2 N–H and O–H groups in total. The minimum Gasteiger partial charge on any atom is -0.455 e. The first-order valence-corrected chi connectivity index (χ1v) is 11.3. The summed E-state index contributed by atoms with van der Waals surface area (Å²) in [5, 5.41) is 3.96. The number of hydrogen-bond acceptors (Lipinski definition) is 5. The molecule has 0 amide bonds. The molecule has 6 heteroatoms. The van der Waals surface area contributed by atoms with Crippen molar-refractivity contribution < 1.29 is 9.53 Å². The van der Waals surface area contributed by atoms with Crippen molar-refractivity contribution in [2.75, 3.05) is 5.32 Å². The normalized spacial score (nSPS) is 11.9. The third kappa shape index (κ3) is 3.56. The van der Waals surface area contributed by atoms with E-state index in [4.69, 9.17) is 4.74 Å². The van der Waals surface area contributed by atoms with E-state index in [-0.39, 0.29) is 5.78 Å². The van der Waals surface area contributed by atoms with Gasteiger partial charge < -0.3 is 15.0 Å². The number of rotatable bonds is 4. The largest absolute Gasteiger partial charge is 0.455 e. The summed E-state index contributed by atoms with van der Waals surface area (Å²) in [5.74, 6) is 0.910. The maximum absolute atomic E-state index is 13.8. The third-order valence-corrected chi connectivity index (χ3v) is 6.21. The molecule has 6 rings (SSSR count). The predicted octanol–water partition coefficient (Wildman–Crippen LogP) is 6.29. The summed E-state index contributed by atoms with van der Waals surface area (Å²) < 4.78 is 6.25. The quantitative estimate of drug-likeness (QED) is 0.324. The summed E-state index contributed by atoms with van der Waals surface area (Å²) >= 11 is 0. The Morgan fingerprint density at radius 1 is 0.829 bits per heavy atom. The summed E-state index contributed by atoms with van der Waals surface area (Å²) in [6, 6.07) is 24.6. The summed E-state index contributed by atoms with van der Waals surface area (Å²) in [4.78, 5) is 33.5. The lowest BCUT2D eigenvalue weighted by Gasteiger charge is -2.23. The number of fused-ring (bicyclic) bond motifs is 2. The van der Waals surface area contributed by atoms with E-state index in [0.717, 1.165) is 16.8 Å². The number of aromatic amines is 1. The van der Waals surface area contributed by atoms with Crippen LogP contribution in [0.3, 0.4) is 0 Å². The van der Waals surface area contributed by atoms with Crippen LogP contribution in [0.25, 0.3) is 22.2 Å². The number of H-pyrrole nitrogens is 1. The molecule has 1 aliphatic rings. The SMILES string of the molecule is Cc1ccc(Nc2cc(Oc3ccc(C)cc3)c3[nH]c(=O)nc4c3c2C(=O)c2ccccc2-4)cc1. The Morgan fingerprint density at radius 3 is 2.20 bits per heavy atom. The molecule has 170 valence electrons. The molecule has 35 heavy (non-hydrogen) atoms. The van der Waals surface area contributed by atoms with Crippen molar-refractivity contribution in [1.29, 1.82) is 0 Å². The van der Waals surface area contributed by atoms with Gasteiger partial charge in [0, 0.05) is 28.3 Å². The van der Waals surface area contributed by atoms with Gasteiger partial charge >= 0.3 is 5.69 Å².